The fourth-order valence-electron chi connectivity index (χ4n) is 3.24. The van der Waals surface area contributed by atoms with Gasteiger partial charge in [-0.15, -0.1) is 0 Å². The molecule has 1 fully saturated rings. The second-order valence-corrected chi connectivity index (χ2v) is 6.68. The first-order valence-corrected chi connectivity index (χ1v) is 7.38. The monoisotopic (exact) mass is 262 g/mol. The second kappa shape index (κ2) is 5.40. The molecular weight excluding hydrogens is 236 g/mol. The van der Waals surface area contributed by atoms with Crippen molar-refractivity contribution in [1.29, 1.82) is 0 Å². The molecule has 3 heteroatoms. The quantitative estimate of drug-likeness (QED) is 0.904. The van der Waals surface area contributed by atoms with E-state index >= 15 is 0 Å². The lowest BCUT2D eigenvalue weighted by molar-refractivity contribution is 0.177. The van der Waals surface area contributed by atoms with Gasteiger partial charge in [0.05, 0.1) is 5.69 Å². The van der Waals surface area contributed by atoms with Crippen LogP contribution in [0.3, 0.4) is 0 Å². The molecule has 1 aromatic heterocycles. The van der Waals surface area contributed by atoms with Gasteiger partial charge in [-0.2, -0.15) is 0 Å². The highest BCUT2D eigenvalue weighted by molar-refractivity contribution is 5.41. The number of nitrogens with zero attached hydrogens (tertiary/aromatic N) is 1. The third kappa shape index (κ3) is 3.40. The van der Waals surface area contributed by atoms with Crippen LogP contribution in [-0.4, -0.2) is 10.6 Å². The predicted molar refractivity (Wildman–Crippen MR) is 80.6 cm³/mol. The maximum atomic E-state index is 11.6. The summed E-state index contributed by atoms with van der Waals surface area (Å²) < 4.78 is 1.75. The molecule has 0 amide bonds. The Morgan fingerprint density at radius 2 is 2.16 bits per heavy atom. The van der Waals surface area contributed by atoms with E-state index in [9.17, 15) is 4.79 Å². The van der Waals surface area contributed by atoms with Crippen LogP contribution >= 0.6 is 0 Å². The van der Waals surface area contributed by atoms with Gasteiger partial charge in [0.15, 0.2) is 0 Å². The van der Waals surface area contributed by atoms with Gasteiger partial charge in [0, 0.05) is 24.8 Å². The van der Waals surface area contributed by atoms with Gasteiger partial charge < -0.3 is 9.88 Å². The average Bonchev–Trinajstić information content (AvgIpc) is 2.34. The summed E-state index contributed by atoms with van der Waals surface area (Å²) in [6.45, 7) is 9.76. The molecule has 0 saturated heterocycles. The van der Waals surface area contributed by atoms with E-state index in [1.165, 1.54) is 19.3 Å². The summed E-state index contributed by atoms with van der Waals surface area (Å²) in [4.78, 5) is 11.6. The van der Waals surface area contributed by atoms with Crippen molar-refractivity contribution >= 4 is 5.69 Å². The number of hydrogen-bond donors (Lipinski definition) is 1. The molecule has 0 aliphatic heterocycles. The molecule has 0 radical (unpaired) electrons. The summed E-state index contributed by atoms with van der Waals surface area (Å²) >= 11 is 0. The Hall–Kier alpha value is -1.25. The molecule has 1 saturated carbocycles. The minimum absolute atomic E-state index is 0.0749. The molecule has 19 heavy (non-hydrogen) atoms. The van der Waals surface area contributed by atoms with Crippen molar-refractivity contribution in [3.63, 3.8) is 0 Å². The highest BCUT2D eigenvalue weighted by Crippen LogP contribution is 2.39. The van der Waals surface area contributed by atoms with Crippen LogP contribution < -0.4 is 10.9 Å². The van der Waals surface area contributed by atoms with Crippen molar-refractivity contribution in [2.24, 2.45) is 11.3 Å². The van der Waals surface area contributed by atoms with Gasteiger partial charge in [0.2, 0.25) is 0 Å². The number of aromatic nitrogens is 1. The lowest BCUT2D eigenvalue weighted by Crippen LogP contribution is -2.37. The van der Waals surface area contributed by atoms with Crippen LogP contribution in [0.2, 0.25) is 0 Å². The van der Waals surface area contributed by atoms with E-state index in [1.807, 2.05) is 19.2 Å². The highest BCUT2D eigenvalue weighted by Gasteiger charge is 2.32. The number of nitrogens with one attached hydrogen (secondary N) is 1. The molecule has 0 bridgehead atoms. The maximum Gasteiger partial charge on any atom is 0.250 e. The van der Waals surface area contributed by atoms with Crippen molar-refractivity contribution < 1.29 is 0 Å². The fourth-order valence-corrected chi connectivity index (χ4v) is 3.24. The van der Waals surface area contributed by atoms with Crippen molar-refractivity contribution in [3.8, 4) is 0 Å². The number of hydrogen-bond acceptors (Lipinski definition) is 2. The summed E-state index contributed by atoms with van der Waals surface area (Å²) in [5, 5.41) is 3.61. The van der Waals surface area contributed by atoms with Crippen LogP contribution in [0.4, 0.5) is 5.69 Å². The Bertz CT molecular complexity index is 490. The van der Waals surface area contributed by atoms with E-state index in [4.69, 9.17) is 0 Å². The molecule has 1 N–H and O–H groups in total. The molecule has 2 unspecified atom stereocenters. The molecule has 1 aliphatic carbocycles. The molecule has 1 aliphatic rings. The van der Waals surface area contributed by atoms with Gasteiger partial charge in [-0.05, 0) is 43.6 Å². The fraction of sp³-hybridized carbons (Fsp3) is 0.688. The van der Waals surface area contributed by atoms with Gasteiger partial charge in [-0.1, -0.05) is 20.8 Å². The van der Waals surface area contributed by atoms with Gasteiger partial charge >= 0.3 is 0 Å². The Kier molecular flexibility index (Phi) is 4.02. The van der Waals surface area contributed by atoms with E-state index < -0.39 is 0 Å². The SMILES string of the molecule is CCn1cc(NC2CCC(C)(C)CC2C)ccc1=O. The zero-order valence-electron chi connectivity index (χ0n) is 12.6. The second-order valence-electron chi connectivity index (χ2n) is 6.68. The molecule has 0 spiro atoms. The molecule has 106 valence electrons. The van der Waals surface area contributed by atoms with Crippen LogP contribution in [0.5, 0.6) is 0 Å². The third-order valence-corrected chi connectivity index (χ3v) is 4.37. The van der Waals surface area contributed by atoms with Crippen LogP contribution in [0.25, 0.3) is 0 Å². The molecule has 0 aromatic carbocycles. The number of anilines is 1. The Labute approximate surface area is 116 Å². The minimum Gasteiger partial charge on any atom is -0.381 e. The first-order chi connectivity index (χ1) is 8.91. The van der Waals surface area contributed by atoms with Crippen LogP contribution in [-0.2, 0) is 6.54 Å². The first-order valence-electron chi connectivity index (χ1n) is 7.38. The maximum absolute atomic E-state index is 11.6. The minimum atomic E-state index is 0.0749. The third-order valence-electron chi connectivity index (χ3n) is 4.37. The molecule has 3 nitrogen and oxygen atoms in total. The zero-order valence-corrected chi connectivity index (χ0v) is 12.6. The lowest BCUT2D eigenvalue weighted by Gasteiger charge is -2.40. The molecule has 2 atom stereocenters. The summed E-state index contributed by atoms with van der Waals surface area (Å²) in [5.41, 5.74) is 1.61. The van der Waals surface area contributed by atoms with E-state index in [2.05, 4.69) is 26.1 Å². The standard InChI is InChI=1S/C16H26N2O/c1-5-18-11-13(6-7-15(18)19)17-14-8-9-16(3,4)10-12(14)2/h6-7,11-12,14,17H,5,8-10H2,1-4H3. The number of pyridine rings is 1. The summed E-state index contributed by atoms with van der Waals surface area (Å²) in [6, 6.07) is 4.08. The van der Waals surface area contributed by atoms with E-state index in [0.717, 1.165) is 12.2 Å². The van der Waals surface area contributed by atoms with Crippen LogP contribution in [0.1, 0.15) is 47.0 Å². The number of rotatable bonds is 3. The van der Waals surface area contributed by atoms with Crippen molar-refractivity contribution in [2.75, 3.05) is 5.32 Å². The number of aryl methyl sites for hydroxylation is 1. The topological polar surface area (TPSA) is 34.0 Å². The molecule has 2 rings (SSSR count). The van der Waals surface area contributed by atoms with E-state index in [1.54, 1.807) is 10.6 Å². The van der Waals surface area contributed by atoms with Crippen molar-refractivity contribution in [2.45, 2.75) is 59.5 Å². The summed E-state index contributed by atoms with van der Waals surface area (Å²) in [5.74, 6) is 0.672. The highest BCUT2D eigenvalue weighted by atomic mass is 16.1. The van der Waals surface area contributed by atoms with E-state index in [-0.39, 0.29) is 5.56 Å². The first kappa shape index (κ1) is 14.2. The summed E-state index contributed by atoms with van der Waals surface area (Å²) in [7, 11) is 0. The summed E-state index contributed by atoms with van der Waals surface area (Å²) in [6.07, 6.45) is 5.68. The Balaban J connectivity index is 2.07. The van der Waals surface area contributed by atoms with Crippen molar-refractivity contribution in [3.05, 3.63) is 28.7 Å². The van der Waals surface area contributed by atoms with Crippen LogP contribution in [0, 0.1) is 11.3 Å². The smallest absolute Gasteiger partial charge is 0.250 e. The van der Waals surface area contributed by atoms with Gasteiger partial charge in [-0.25, -0.2) is 0 Å². The lowest BCUT2D eigenvalue weighted by atomic mass is 9.70. The predicted octanol–water partition coefficient (Wildman–Crippen LogP) is 3.49. The Morgan fingerprint density at radius 1 is 1.42 bits per heavy atom. The molecule has 1 aromatic rings. The normalized spacial score (nSPS) is 26.1. The Morgan fingerprint density at radius 3 is 2.79 bits per heavy atom. The van der Waals surface area contributed by atoms with Crippen molar-refractivity contribution in [1.82, 2.24) is 4.57 Å². The van der Waals surface area contributed by atoms with Gasteiger partial charge in [-0.3, -0.25) is 4.79 Å². The molecule has 1 heterocycles. The molecular formula is C16H26N2O. The zero-order chi connectivity index (χ0) is 14.0. The average molecular weight is 262 g/mol. The van der Waals surface area contributed by atoms with Gasteiger partial charge in [0.25, 0.3) is 5.56 Å². The van der Waals surface area contributed by atoms with E-state index in [0.29, 0.717) is 17.4 Å². The largest absolute Gasteiger partial charge is 0.381 e. The van der Waals surface area contributed by atoms with Crippen LogP contribution in [0.15, 0.2) is 23.1 Å². The van der Waals surface area contributed by atoms with Gasteiger partial charge in [0.1, 0.15) is 0 Å².